The summed E-state index contributed by atoms with van der Waals surface area (Å²) in [5, 5.41) is 0. The molecule has 2 amide bonds. The van der Waals surface area contributed by atoms with Gasteiger partial charge >= 0.3 is 0 Å². The monoisotopic (exact) mass is 328 g/mol. The van der Waals surface area contributed by atoms with Gasteiger partial charge in [-0.15, -0.1) is 0 Å². The first-order valence-electron chi connectivity index (χ1n) is 7.20. The van der Waals surface area contributed by atoms with Gasteiger partial charge in [-0.3, -0.25) is 9.59 Å². The highest BCUT2D eigenvalue weighted by atomic mass is 32.2. The zero-order chi connectivity index (χ0) is 17.0. The van der Waals surface area contributed by atoms with Gasteiger partial charge in [0.1, 0.15) is 0 Å². The minimum Gasteiger partial charge on any atom is -0.345 e. The Bertz CT molecular complexity index is 726. The van der Waals surface area contributed by atoms with Gasteiger partial charge in [0.2, 0.25) is 0 Å². The number of benzene rings is 2. The molecule has 2 aromatic carbocycles. The number of nitrogens with zero attached hydrogens (tertiary/aromatic N) is 2. The molecule has 120 valence electrons. The summed E-state index contributed by atoms with van der Waals surface area (Å²) in [7, 11) is 6.93. The summed E-state index contributed by atoms with van der Waals surface area (Å²) in [5.74, 6) is -0.0706. The van der Waals surface area contributed by atoms with Crippen LogP contribution in [0.2, 0.25) is 0 Å². The SMILES string of the molecule is CN(C)C(=O)c1cccc(Sc2ccccc2C(=O)N(C)C)c1. The van der Waals surface area contributed by atoms with Crippen LogP contribution in [-0.4, -0.2) is 49.8 Å². The van der Waals surface area contributed by atoms with Crippen molar-refractivity contribution in [2.75, 3.05) is 28.2 Å². The number of hydrogen-bond acceptors (Lipinski definition) is 3. The topological polar surface area (TPSA) is 40.6 Å². The molecule has 0 aliphatic heterocycles. The van der Waals surface area contributed by atoms with Crippen LogP contribution in [0.3, 0.4) is 0 Å². The fourth-order valence-corrected chi connectivity index (χ4v) is 3.05. The highest BCUT2D eigenvalue weighted by molar-refractivity contribution is 7.99. The van der Waals surface area contributed by atoms with Crippen LogP contribution in [-0.2, 0) is 0 Å². The van der Waals surface area contributed by atoms with Gasteiger partial charge in [-0.1, -0.05) is 30.0 Å². The average Bonchev–Trinajstić information content (AvgIpc) is 2.54. The summed E-state index contributed by atoms with van der Waals surface area (Å²) in [4.78, 5) is 29.3. The molecule has 0 heterocycles. The molecular weight excluding hydrogens is 308 g/mol. The van der Waals surface area contributed by atoms with E-state index < -0.39 is 0 Å². The zero-order valence-electron chi connectivity index (χ0n) is 13.7. The average molecular weight is 328 g/mol. The second-order valence-electron chi connectivity index (χ2n) is 5.53. The van der Waals surface area contributed by atoms with E-state index in [9.17, 15) is 9.59 Å². The Morgan fingerprint density at radius 3 is 2.13 bits per heavy atom. The molecule has 2 aromatic rings. The van der Waals surface area contributed by atoms with Crippen LogP contribution >= 0.6 is 11.8 Å². The van der Waals surface area contributed by atoms with Crippen molar-refractivity contribution in [3.05, 3.63) is 59.7 Å². The van der Waals surface area contributed by atoms with Crippen LogP contribution in [0.15, 0.2) is 58.3 Å². The number of amides is 2. The third-order valence-corrected chi connectivity index (χ3v) is 4.30. The lowest BCUT2D eigenvalue weighted by molar-refractivity contribution is 0.0818. The van der Waals surface area contributed by atoms with E-state index in [0.29, 0.717) is 11.1 Å². The summed E-state index contributed by atoms with van der Waals surface area (Å²) in [6, 6.07) is 14.9. The van der Waals surface area contributed by atoms with Crippen LogP contribution in [0.4, 0.5) is 0 Å². The molecule has 0 atom stereocenters. The van der Waals surface area contributed by atoms with Crippen molar-refractivity contribution in [1.82, 2.24) is 9.80 Å². The van der Waals surface area contributed by atoms with Crippen molar-refractivity contribution >= 4 is 23.6 Å². The Morgan fingerprint density at radius 1 is 0.826 bits per heavy atom. The molecule has 0 unspecified atom stereocenters. The molecule has 0 saturated carbocycles. The Labute approximate surface area is 141 Å². The summed E-state index contributed by atoms with van der Waals surface area (Å²) < 4.78 is 0. The van der Waals surface area contributed by atoms with E-state index >= 15 is 0 Å². The van der Waals surface area contributed by atoms with Gasteiger partial charge < -0.3 is 9.80 Å². The summed E-state index contributed by atoms with van der Waals surface area (Å²) in [6.07, 6.45) is 0. The molecule has 0 saturated heterocycles. The van der Waals surface area contributed by atoms with Crippen molar-refractivity contribution in [2.24, 2.45) is 0 Å². The van der Waals surface area contributed by atoms with E-state index in [0.717, 1.165) is 9.79 Å². The maximum Gasteiger partial charge on any atom is 0.254 e. The Balaban J connectivity index is 2.32. The first kappa shape index (κ1) is 17.1. The molecule has 4 nitrogen and oxygen atoms in total. The second kappa shape index (κ2) is 7.33. The molecular formula is C18H20N2O2S. The predicted molar refractivity (Wildman–Crippen MR) is 93.0 cm³/mol. The van der Waals surface area contributed by atoms with Crippen LogP contribution in [0.25, 0.3) is 0 Å². The van der Waals surface area contributed by atoms with Crippen LogP contribution < -0.4 is 0 Å². The minimum atomic E-state index is -0.0369. The molecule has 0 bridgehead atoms. The van der Waals surface area contributed by atoms with Crippen LogP contribution in [0.1, 0.15) is 20.7 Å². The lowest BCUT2D eigenvalue weighted by Gasteiger charge is -2.14. The third-order valence-electron chi connectivity index (χ3n) is 3.24. The number of rotatable bonds is 4. The Kier molecular flexibility index (Phi) is 5.45. The molecule has 0 radical (unpaired) electrons. The number of carbonyl (C=O) groups is 2. The van der Waals surface area contributed by atoms with Crippen molar-refractivity contribution < 1.29 is 9.59 Å². The molecule has 0 aliphatic rings. The standard InChI is InChI=1S/C18H20N2O2S/c1-19(2)17(21)13-8-7-9-14(12-13)23-16-11-6-5-10-15(16)18(22)20(3)4/h5-12H,1-4H3. The summed E-state index contributed by atoms with van der Waals surface area (Å²) in [6.45, 7) is 0. The molecule has 0 aromatic heterocycles. The van der Waals surface area contributed by atoms with E-state index in [2.05, 4.69) is 0 Å². The molecule has 23 heavy (non-hydrogen) atoms. The third kappa shape index (κ3) is 4.13. The largest absolute Gasteiger partial charge is 0.345 e. The maximum atomic E-state index is 12.3. The quantitative estimate of drug-likeness (QED) is 0.865. The first-order valence-corrected chi connectivity index (χ1v) is 8.02. The van der Waals surface area contributed by atoms with Gasteiger partial charge in [0.15, 0.2) is 0 Å². The van der Waals surface area contributed by atoms with E-state index in [1.807, 2.05) is 42.5 Å². The van der Waals surface area contributed by atoms with E-state index in [1.54, 1.807) is 44.1 Å². The smallest absolute Gasteiger partial charge is 0.254 e. The highest BCUT2D eigenvalue weighted by Gasteiger charge is 2.14. The van der Waals surface area contributed by atoms with Gasteiger partial charge in [0, 0.05) is 43.5 Å². The maximum absolute atomic E-state index is 12.3. The molecule has 0 spiro atoms. The number of carbonyl (C=O) groups excluding carboxylic acids is 2. The van der Waals surface area contributed by atoms with Gasteiger partial charge in [-0.25, -0.2) is 0 Å². The van der Waals surface area contributed by atoms with Gasteiger partial charge in [0.05, 0.1) is 5.56 Å². The number of hydrogen-bond donors (Lipinski definition) is 0. The Hall–Kier alpha value is -2.27. The normalized spacial score (nSPS) is 10.3. The fraction of sp³-hybridized carbons (Fsp3) is 0.222. The lowest BCUT2D eigenvalue weighted by atomic mass is 10.2. The molecule has 2 rings (SSSR count). The minimum absolute atomic E-state index is 0.0337. The Morgan fingerprint density at radius 2 is 1.48 bits per heavy atom. The fourth-order valence-electron chi connectivity index (χ4n) is 2.05. The summed E-state index contributed by atoms with van der Waals surface area (Å²) in [5.41, 5.74) is 1.29. The summed E-state index contributed by atoms with van der Waals surface area (Å²) >= 11 is 1.49. The van der Waals surface area contributed by atoms with Gasteiger partial charge in [-0.2, -0.15) is 0 Å². The van der Waals surface area contributed by atoms with E-state index in [1.165, 1.54) is 11.8 Å². The molecule has 5 heteroatoms. The van der Waals surface area contributed by atoms with Gasteiger partial charge in [0.25, 0.3) is 11.8 Å². The molecule has 0 fully saturated rings. The predicted octanol–water partition coefficient (Wildman–Crippen LogP) is 3.24. The van der Waals surface area contributed by atoms with Crippen molar-refractivity contribution in [3.8, 4) is 0 Å². The first-order chi connectivity index (χ1) is 10.9. The molecule has 0 aliphatic carbocycles. The lowest BCUT2D eigenvalue weighted by Crippen LogP contribution is -2.22. The second-order valence-corrected chi connectivity index (χ2v) is 6.64. The van der Waals surface area contributed by atoms with Crippen LogP contribution in [0.5, 0.6) is 0 Å². The van der Waals surface area contributed by atoms with Crippen molar-refractivity contribution in [1.29, 1.82) is 0 Å². The van der Waals surface area contributed by atoms with Crippen molar-refractivity contribution in [2.45, 2.75) is 9.79 Å². The van der Waals surface area contributed by atoms with Crippen molar-refractivity contribution in [3.63, 3.8) is 0 Å². The van der Waals surface area contributed by atoms with Gasteiger partial charge in [-0.05, 0) is 30.3 Å². The van der Waals surface area contributed by atoms with E-state index in [4.69, 9.17) is 0 Å². The van der Waals surface area contributed by atoms with E-state index in [-0.39, 0.29) is 11.8 Å². The highest BCUT2D eigenvalue weighted by Crippen LogP contribution is 2.31. The van der Waals surface area contributed by atoms with Crippen LogP contribution in [0, 0.1) is 0 Å². The molecule has 0 N–H and O–H groups in total. The zero-order valence-corrected chi connectivity index (χ0v) is 14.6.